The van der Waals surface area contributed by atoms with Crippen LogP contribution in [-0.4, -0.2) is 21.2 Å². The van der Waals surface area contributed by atoms with Crippen molar-refractivity contribution >= 4 is 22.7 Å². The molecule has 7 heteroatoms. The topological polar surface area (TPSA) is 48.9 Å². The molecule has 1 N–H and O–H groups in total. The van der Waals surface area contributed by atoms with Gasteiger partial charge in [0.2, 0.25) is 0 Å². The van der Waals surface area contributed by atoms with E-state index in [1.54, 1.807) is 35.4 Å². The first-order valence-corrected chi connectivity index (χ1v) is 8.76. The van der Waals surface area contributed by atoms with E-state index in [9.17, 15) is 18.3 Å². The second-order valence-corrected chi connectivity index (χ2v) is 7.03. The van der Waals surface area contributed by atoms with Gasteiger partial charge in [-0.3, -0.25) is 0 Å². The number of benzene rings is 1. The molecule has 1 unspecified atom stereocenters. The quantitative estimate of drug-likeness (QED) is 0.857. The number of aryl methyl sites for hydroxylation is 1. The van der Waals surface area contributed by atoms with Crippen LogP contribution in [0.3, 0.4) is 0 Å². The van der Waals surface area contributed by atoms with Crippen molar-refractivity contribution in [2.75, 3.05) is 11.5 Å². The van der Waals surface area contributed by atoms with Crippen molar-refractivity contribution in [3.63, 3.8) is 0 Å². The van der Waals surface area contributed by atoms with Crippen LogP contribution in [0.2, 0.25) is 0 Å². The number of alkyl halides is 3. The molecular weight excluding hydrogens is 337 g/mol. The first-order valence-electron chi connectivity index (χ1n) is 7.60. The maximum Gasteiger partial charge on any atom is 0.417 e. The molecule has 2 aromatic rings. The minimum absolute atomic E-state index is 0.376. The van der Waals surface area contributed by atoms with Gasteiger partial charge in [-0.15, -0.1) is 0 Å². The summed E-state index contributed by atoms with van der Waals surface area (Å²) >= 11 is 1.56. The summed E-state index contributed by atoms with van der Waals surface area (Å²) in [6, 6.07) is 5.55. The van der Waals surface area contributed by atoms with Gasteiger partial charge in [0.15, 0.2) is 0 Å². The van der Waals surface area contributed by atoms with E-state index in [1.807, 2.05) is 13.8 Å². The fraction of sp³-hybridized carbons (Fsp3) is 0.471. The van der Waals surface area contributed by atoms with Gasteiger partial charge in [0, 0.05) is 23.2 Å². The number of nitrogens with zero attached hydrogens (tertiary/aromatic N) is 2. The number of nitriles is 1. The smallest absolute Gasteiger partial charge is 0.383 e. The van der Waals surface area contributed by atoms with Crippen molar-refractivity contribution in [2.45, 2.75) is 39.1 Å². The van der Waals surface area contributed by atoms with Crippen molar-refractivity contribution in [2.24, 2.45) is 0 Å². The third-order valence-corrected chi connectivity index (χ3v) is 5.10. The molecule has 24 heavy (non-hydrogen) atoms. The van der Waals surface area contributed by atoms with E-state index >= 15 is 0 Å². The molecule has 0 saturated heterocycles. The van der Waals surface area contributed by atoms with Crippen molar-refractivity contribution < 1.29 is 18.3 Å². The zero-order chi connectivity index (χ0) is 18.1. The molecule has 1 heterocycles. The number of fused-ring (bicyclic) bond motifs is 1. The minimum atomic E-state index is -4.59. The molecule has 0 fully saturated rings. The van der Waals surface area contributed by atoms with Crippen molar-refractivity contribution in [3.05, 3.63) is 35.0 Å². The molecule has 0 aliphatic carbocycles. The number of thioether (sulfide) groups is 1. The lowest BCUT2D eigenvalue weighted by atomic mass is 10.0. The average molecular weight is 356 g/mol. The van der Waals surface area contributed by atoms with Crippen LogP contribution < -0.4 is 0 Å². The Kier molecular flexibility index (Phi) is 5.21. The van der Waals surface area contributed by atoms with Crippen molar-refractivity contribution in [1.82, 2.24) is 4.57 Å². The Bertz CT molecular complexity index is 788. The highest BCUT2D eigenvalue weighted by atomic mass is 32.2. The van der Waals surface area contributed by atoms with Crippen LogP contribution in [0, 0.1) is 11.3 Å². The first-order chi connectivity index (χ1) is 11.2. The van der Waals surface area contributed by atoms with Crippen molar-refractivity contribution in [3.8, 4) is 6.07 Å². The second-order valence-electron chi connectivity index (χ2n) is 5.75. The Morgan fingerprint density at radius 3 is 2.42 bits per heavy atom. The van der Waals surface area contributed by atoms with E-state index in [-0.39, 0.29) is 0 Å². The minimum Gasteiger partial charge on any atom is -0.383 e. The molecule has 1 atom stereocenters. The van der Waals surface area contributed by atoms with Crippen LogP contribution in [0.1, 0.15) is 37.6 Å². The number of halogens is 3. The molecule has 1 aromatic carbocycles. The van der Waals surface area contributed by atoms with Gasteiger partial charge in [-0.05, 0) is 37.8 Å². The van der Waals surface area contributed by atoms with Gasteiger partial charge >= 0.3 is 6.18 Å². The van der Waals surface area contributed by atoms with Gasteiger partial charge in [-0.25, -0.2) is 0 Å². The Morgan fingerprint density at radius 2 is 1.92 bits per heavy atom. The molecule has 1 aromatic heterocycles. The number of rotatable bonds is 5. The third-order valence-electron chi connectivity index (χ3n) is 3.92. The molecule has 0 bridgehead atoms. The fourth-order valence-corrected chi connectivity index (χ4v) is 3.55. The maximum atomic E-state index is 13.2. The largest absolute Gasteiger partial charge is 0.417 e. The monoisotopic (exact) mass is 356 g/mol. The molecule has 0 aliphatic rings. The summed E-state index contributed by atoms with van der Waals surface area (Å²) < 4.78 is 41.3. The molecule has 0 saturated carbocycles. The average Bonchev–Trinajstić information content (AvgIpc) is 2.89. The molecule has 0 amide bonds. The summed E-state index contributed by atoms with van der Waals surface area (Å²) in [7, 11) is 0. The van der Waals surface area contributed by atoms with Crippen LogP contribution in [0.4, 0.5) is 13.2 Å². The summed E-state index contributed by atoms with van der Waals surface area (Å²) in [6.07, 6.45) is -4.59. The second kappa shape index (κ2) is 6.69. The zero-order valence-corrected chi connectivity index (χ0v) is 14.6. The van der Waals surface area contributed by atoms with Crippen LogP contribution in [0.25, 0.3) is 10.9 Å². The molecule has 2 rings (SSSR count). The molecule has 0 aliphatic heterocycles. The fourth-order valence-electron chi connectivity index (χ4n) is 2.80. The maximum absolute atomic E-state index is 13.2. The molecule has 0 spiro atoms. The standard InChI is InChI=1S/C17H19F3N2OS/c1-4-22-14-8-13(17(18,19)20)12(9-21)6-11(14)7-15(22)16(3,23)10-24-5-2/h6-8,23H,4-5,10H2,1-3H3. The van der Waals surface area contributed by atoms with Gasteiger partial charge in [-0.2, -0.15) is 30.2 Å². The highest BCUT2D eigenvalue weighted by molar-refractivity contribution is 7.99. The Morgan fingerprint density at radius 1 is 1.25 bits per heavy atom. The highest BCUT2D eigenvalue weighted by Crippen LogP contribution is 2.37. The van der Waals surface area contributed by atoms with Gasteiger partial charge < -0.3 is 9.67 Å². The van der Waals surface area contributed by atoms with E-state index in [1.165, 1.54) is 6.07 Å². The summed E-state index contributed by atoms with van der Waals surface area (Å²) in [4.78, 5) is 0. The summed E-state index contributed by atoms with van der Waals surface area (Å²) in [5.74, 6) is 1.27. The molecule has 130 valence electrons. The van der Waals surface area contributed by atoms with E-state index in [2.05, 4.69) is 0 Å². The lowest BCUT2D eigenvalue weighted by Gasteiger charge is -2.25. The molecule has 3 nitrogen and oxygen atoms in total. The SMILES string of the molecule is CCSCC(C)(O)c1cc2cc(C#N)c(C(F)(F)F)cc2n1CC. The summed E-state index contributed by atoms with van der Waals surface area (Å²) in [5, 5.41) is 20.3. The Labute approximate surface area is 143 Å². The Hall–Kier alpha value is -1.65. The van der Waals surface area contributed by atoms with Crippen LogP contribution in [-0.2, 0) is 18.3 Å². The van der Waals surface area contributed by atoms with Gasteiger partial charge in [0.1, 0.15) is 5.60 Å². The van der Waals surface area contributed by atoms with E-state index < -0.39 is 22.9 Å². The predicted molar refractivity (Wildman–Crippen MR) is 89.9 cm³/mol. The third kappa shape index (κ3) is 3.40. The number of aromatic nitrogens is 1. The zero-order valence-electron chi connectivity index (χ0n) is 13.7. The van der Waals surface area contributed by atoms with Gasteiger partial charge in [0.05, 0.1) is 22.9 Å². The normalized spacial score (nSPS) is 14.6. The van der Waals surface area contributed by atoms with Gasteiger partial charge in [-0.1, -0.05) is 6.92 Å². The van der Waals surface area contributed by atoms with E-state index in [0.717, 1.165) is 11.8 Å². The first kappa shape index (κ1) is 18.7. The van der Waals surface area contributed by atoms with Crippen LogP contribution >= 0.6 is 11.8 Å². The number of aliphatic hydroxyl groups is 1. The summed E-state index contributed by atoms with van der Waals surface area (Å²) in [6.45, 7) is 5.88. The van der Waals surface area contributed by atoms with Gasteiger partial charge in [0.25, 0.3) is 0 Å². The summed E-state index contributed by atoms with van der Waals surface area (Å²) in [5.41, 5.74) is -1.58. The van der Waals surface area contributed by atoms with Crippen LogP contribution in [0.15, 0.2) is 18.2 Å². The molecular formula is C17H19F3N2OS. The lowest BCUT2D eigenvalue weighted by molar-refractivity contribution is -0.137. The molecule has 0 radical (unpaired) electrons. The van der Waals surface area contributed by atoms with Crippen LogP contribution in [0.5, 0.6) is 0 Å². The number of hydrogen-bond acceptors (Lipinski definition) is 3. The Balaban J connectivity index is 2.72. The van der Waals surface area contributed by atoms with E-state index in [0.29, 0.717) is 28.9 Å². The van der Waals surface area contributed by atoms with Crippen molar-refractivity contribution in [1.29, 1.82) is 5.26 Å². The predicted octanol–water partition coefficient (Wildman–Crippen LogP) is 4.51. The highest BCUT2D eigenvalue weighted by Gasteiger charge is 2.35. The lowest BCUT2D eigenvalue weighted by Crippen LogP contribution is -2.27. The van der Waals surface area contributed by atoms with E-state index in [4.69, 9.17) is 5.26 Å². The number of hydrogen-bond donors (Lipinski definition) is 1.